The van der Waals surface area contributed by atoms with E-state index in [0.717, 1.165) is 4.90 Å². The Bertz CT molecular complexity index is 1170. The number of fused-ring (bicyclic) bond motifs is 1. The van der Waals surface area contributed by atoms with Crippen LogP contribution in [0.2, 0.25) is 0 Å². The van der Waals surface area contributed by atoms with Crippen LogP contribution in [0.1, 0.15) is 33.2 Å². The van der Waals surface area contributed by atoms with Crippen LogP contribution in [0.4, 0.5) is 11.4 Å². The van der Waals surface area contributed by atoms with Gasteiger partial charge in [0.25, 0.3) is 17.5 Å². The van der Waals surface area contributed by atoms with Gasteiger partial charge >= 0.3 is 0 Å². The molecular formula is C22H16N2O5. The number of nitro benzene ring substituents is 1. The van der Waals surface area contributed by atoms with Crippen molar-refractivity contribution in [3.05, 3.63) is 87.5 Å². The topological polar surface area (TPSA) is 101 Å². The number of nitrogens with zero attached hydrogens (tertiary/aromatic N) is 2. The van der Waals surface area contributed by atoms with E-state index in [1.165, 1.54) is 18.2 Å². The van der Waals surface area contributed by atoms with Crippen LogP contribution in [0.5, 0.6) is 5.75 Å². The van der Waals surface area contributed by atoms with E-state index in [4.69, 9.17) is 0 Å². The van der Waals surface area contributed by atoms with Gasteiger partial charge in [-0.1, -0.05) is 55.5 Å². The van der Waals surface area contributed by atoms with Crippen LogP contribution in [0.15, 0.2) is 60.7 Å². The standard InChI is InChI=1S/C22H16N2O5/c1-2-13-11-12-15(14-7-4-3-5-8-14)19(20(13)25)23-21(26)16-9-6-10-17(24(28)29)18(16)22(23)27/h3-12,25H,2H2,1H3. The lowest BCUT2D eigenvalue weighted by molar-refractivity contribution is -0.385. The molecule has 7 nitrogen and oxygen atoms in total. The van der Waals surface area contributed by atoms with Crippen LogP contribution >= 0.6 is 0 Å². The number of aryl methyl sites for hydroxylation is 1. The van der Waals surface area contributed by atoms with E-state index in [1.807, 2.05) is 13.0 Å². The van der Waals surface area contributed by atoms with Gasteiger partial charge in [-0.05, 0) is 23.6 Å². The number of nitro groups is 1. The van der Waals surface area contributed by atoms with Gasteiger partial charge in [-0.3, -0.25) is 19.7 Å². The summed E-state index contributed by atoms with van der Waals surface area (Å²) in [7, 11) is 0. The second-order valence-corrected chi connectivity index (χ2v) is 6.59. The second-order valence-electron chi connectivity index (χ2n) is 6.59. The van der Waals surface area contributed by atoms with Gasteiger partial charge in [0.2, 0.25) is 0 Å². The van der Waals surface area contributed by atoms with Crippen molar-refractivity contribution in [1.29, 1.82) is 0 Å². The first-order valence-corrected chi connectivity index (χ1v) is 9.02. The minimum absolute atomic E-state index is 0.0380. The van der Waals surface area contributed by atoms with Crippen molar-refractivity contribution in [1.82, 2.24) is 0 Å². The van der Waals surface area contributed by atoms with Gasteiger partial charge in [-0.25, -0.2) is 4.90 Å². The van der Waals surface area contributed by atoms with E-state index in [9.17, 15) is 24.8 Å². The average molecular weight is 388 g/mol. The van der Waals surface area contributed by atoms with Crippen molar-refractivity contribution in [3.63, 3.8) is 0 Å². The van der Waals surface area contributed by atoms with Crippen molar-refractivity contribution in [2.24, 2.45) is 0 Å². The summed E-state index contributed by atoms with van der Waals surface area (Å²) in [6.45, 7) is 1.84. The molecule has 4 rings (SSSR count). The Labute approximate surface area is 166 Å². The highest BCUT2D eigenvalue weighted by Crippen LogP contribution is 2.44. The molecule has 0 bridgehead atoms. The molecule has 0 aliphatic carbocycles. The molecule has 7 heteroatoms. The molecule has 3 aromatic rings. The maximum Gasteiger partial charge on any atom is 0.283 e. The number of hydrogen-bond acceptors (Lipinski definition) is 5. The molecule has 2 amide bonds. The quantitative estimate of drug-likeness (QED) is 0.407. The van der Waals surface area contributed by atoms with Crippen LogP contribution in [0.3, 0.4) is 0 Å². The molecule has 0 atom stereocenters. The first-order valence-electron chi connectivity index (χ1n) is 9.02. The Balaban J connectivity index is 1.98. The van der Waals surface area contributed by atoms with Gasteiger partial charge in [0, 0.05) is 11.6 Å². The lowest BCUT2D eigenvalue weighted by Gasteiger charge is -2.21. The van der Waals surface area contributed by atoms with E-state index < -0.39 is 22.4 Å². The number of amides is 2. The number of carbonyl (C=O) groups excluding carboxylic acids is 2. The Morgan fingerprint density at radius 3 is 2.31 bits per heavy atom. The average Bonchev–Trinajstić information content (AvgIpc) is 2.99. The molecule has 1 aliphatic rings. The lowest BCUT2D eigenvalue weighted by Crippen LogP contribution is -2.30. The maximum atomic E-state index is 13.2. The molecule has 0 fully saturated rings. The van der Waals surface area contributed by atoms with E-state index >= 15 is 0 Å². The molecule has 0 radical (unpaired) electrons. The van der Waals surface area contributed by atoms with E-state index in [2.05, 4.69) is 0 Å². The van der Waals surface area contributed by atoms with Crippen molar-refractivity contribution >= 4 is 23.2 Å². The molecule has 0 saturated carbocycles. The van der Waals surface area contributed by atoms with Gasteiger partial charge < -0.3 is 5.11 Å². The number of anilines is 1. The molecule has 0 unspecified atom stereocenters. The number of benzene rings is 3. The van der Waals surface area contributed by atoms with Crippen molar-refractivity contribution in [2.75, 3.05) is 4.90 Å². The molecule has 144 valence electrons. The van der Waals surface area contributed by atoms with E-state index in [-0.39, 0.29) is 22.6 Å². The number of hydrogen-bond donors (Lipinski definition) is 1. The summed E-state index contributed by atoms with van der Waals surface area (Å²) in [6.07, 6.45) is 0.483. The number of carbonyl (C=O) groups is 2. The summed E-state index contributed by atoms with van der Waals surface area (Å²) < 4.78 is 0. The maximum absolute atomic E-state index is 13.2. The largest absolute Gasteiger partial charge is 0.505 e. The highest BCUT2D eigenvalue weighted by molar-refractivity contribution is 6.37. The predicted molar refractivity (Wildman–Crippen MR) is 107 cm³/mol. The van der Waals surface area contributed by atoms with Crippen molar-refractivity contribution < 1.29 is 19.6 Å². The third-order valence-electron chi connectivity index (χ3n) is 5.01. The molecule has 29 heavy (non-hydrogen) atoms. The molecule has 0 saturated heterocycles. The molecule has 0 spiro atoms. The monoisotopic (exact) mass is 388 g/mol. The third kappa shape index (κ3) is 2.75. The summed E-state index contributed by atoms with van der Waals surface area (Å²) in [6, 6.07) is 16.4. The Hall–Kier alpha value is -4.00. The lowest BCUT2D eigenvalue weighted by atomic mass is 9.98. The van der Waals surface area contributed by atoms with Crippen LogP contribution < -0.4 is 4.90 Å². The molecule has 0 aromatic heterocycles. The third-order valence-corrected chi connectivity index (χ3v) is 5.01. The number of phenols is 1. The first-order chi connectivity index (χ1) is 14.0. The fraction of sp³-hybridized carbons (Fsp3) is 0.0909. The normalized spacial score (nSPS) is 12.9. The molecule has 1 aliphatic heterocycles. The summed E-state index contributed by atoms with van der Waals surface area (Å²) >= 11 is 0. The highest BCUT2D eigenvalue weighted by atomic mass is 16.6. The summed E-state index contributed by atoms with van der Waals surface area (Å²) in [5.74, 6) is -1.71. The van der Waals surface area contributed by atoms with Gasteiger partial charge in [0.15, 0.2) is 0 Å². The van der Waals surface area contributed by atoms with Crippen molar-refractivity contribution in [2.45, 2.75) is 13.3 Å². The number of phenolic OH excluding ortho intramolecular Hbond substituents is 1. The number of imide groups is 1. The highest BCUT2D eigenvalue weighted by Gasteiger charge is 2.43. The van der Waals surface area contributed by atoms with E-state index in [0.29, 0.717) is 23.1 Å². The molecular weight excluding hydrogens is 372 g/mol. The minimum Gasteiger partial charge on any atom is -0.505 e. The summed E-state index contributed by atoms with van der Waals surface area (Å²) in [5.41, 5.74) is 1.04. The van der Waals surface area contributed by atoms with E-state index in [1.54, 1.807) is 36.4 Å². The van der Waals surface area contributed by atoms with Crippen LogP contribution in [-0.2, 0) is 6.42 Å². The van der Waals surface area contributed by atoms with Crippen LogP contribution in [0.25, 0.3) is 11.1 Å². The number of rotatable bonds is 4. The smallest absolute Gasteiger partial charge is 0.283 e. The van der Waals surface area contributed by atoms with Crippen LogP contribution in [-0.4, -0.2) is 21.8 Å². The van der Waals surface area contributed by atoms with Gasteiger partial charge in [-0.2, -0.15) is 0 Å². The van der Waals surface area contributed by atoms with Gasteiger partial charge in [-0.15, -0.1) is 0 Å². The first kappa shape index (κ1) is 18.4. The zero-order valence-corrected chi connectivity index (χ0v) is 15.5. The molecule has 1 N–H and O–H groups in total. The minimum atomic E-state index is -0.821. The fourth-order valence-corrected chi connectivity index (χ4v) is 3.61. The van der Waals surface area contributed by atoms with Crippen LogP contribution in [0, 0.1) is 10.1 Å². The zero-order valence-electron chi connectivity index (χ0n) is 15.5. The molecule has 3 aromatic carbocycles. The molecule has 1 heterocycles. The summed E-state index contributed by atoms with van der Waals surface area (Å²) in [4.78, 5) is 37.8. The van der Waals surface area contributed by atoms with Gasteiger partial charge in [0.1, 0.15) is 17.0 Å². The Morgan fingerprint density at radius 1 is 0.931 bits per heavy atom. The SMILES string of the molecule is CCc1ccc(-c2ccccc2)c(N2C(=O)c3cccc([N+](=O)[O-])c3C2=O)c1O. The zero-order chi connectivity index (χ0) is 20.7. The second kappa shape index (κ2) is 6.87. The predicted octanol–water partition coefficient (Wildman–Crippen LogP) is 4.33. The Kier molecular flexibility index (Phi) is 4.35. The van der Waals surface area contributed by atoms with Crippen molar-refractivity contribution in [3.8, 4) is 16.9 Å². The fourth-order valence-electron chi connectivity index (χ4n) is 3.61. The Morgan fingerprint density at radius 2 is 1.66 bits per heavy atom. The van der Waals surface area contributed by atoms with Gasteiger partial charge in [0.05, 0.1) is 10.5 Å². The summed E-state index contributed by atoms with van der Waals surface area (Å²) in [5, 5.41) is 22.3. The number of aromatic hydroxyl groups is 1.